The van der Waals surface area contributed by atoms with Crippen LogP contribution in [0.1, 0.15) is 38.9 Å². The fourth-order valence-corrected chi connectivity index (χ4v) is 2.92. The first-order valence-corrected chi connectivity index (χ1v) is 8.64. The molecular weight excluding hydrogens is 300 g/mol. The van der Waals surface area contributed by atoms with Crippen molar-refractivity contribution in [3.63, 3.8) is 0 Å². The molecule has 1 N–H and O–H groups in total. The van der Waals surface area contributed by atoms with E-state index in [2.05, 4.69) is 10.5 Å². The summed E-state index contributed by atoms with van der Waals surface area (Å²) in [6.07, 6.45) is 0.253. The summed E-state index contributed by atoms with van der Waals surface area (Å²) in [6.45, 7) is 6.14. The molecule has 0 bridgehead atoms. The maximum atomic E-state index is 12.0. The fraction of sp³-hybridized carbons (Fsp3) is 0.500. The Labute approximate surface area is 133 Å². The Morgan fingerprint density at radius 1 is 1.36 bits per heavy atom. The van der Waals surface area contributed by atoms with Gasteiger partial charge in [0.2, 0.25) is 0 Å². The Hall–Kier alpha value is -1.69. The number of nitrogens with one attached hydrogen (secondary N) is 1. The third-order valence-electron chi connectivity index (χ3n) is 3.36. The van der Waals surface area contributed by atoms with E-state index in [1.54, 1.807) is 0 Å². The first-order chi connectivity index (χ1) is 10.4. The summed E-state index contributed by atoms with van der Waals surface area (Å²) in [6, 6.07) is 9.69. The number of carbonyl (C=O) groups is 1. The highest BCUT2D eigenvalue weighted by molar-refractivity contribution is 7.86. The first-order valence-electron chi connectivity index (χ1n) is 7.32. The molecule has 22 heavy (non-hydrogen) atoms. The van der Waals surface area contributed by atoms with Crippen molar-refractivity contribution in [3.05, 3.63) is 35.9 Å². The molecule has 2 atom stereocenters. The van der Waals surface area contributed by atoms with Crippen LogP contribution in [0.4, 0.5) is 0 Å². The van der Waals surface area contributed by atoms with E-state index in [-0.39, 0.29) is 16.8 Å². The van der Waals surface area contributed by atoms with Gasteiger partial charge in [0, 0.05) is 34.3 Å². The highest BCUT2D eigenvalue weighted by Gasteiger charge is 2.27. The molecule has 0 fully saturated rings. The van der Waals surface area contributed by atoms with Crippen LogP contribution in [0, 0.1) is 0 Å². The number of rotatable bonds is 5. The van der Waals surface area contributed by atoms with E-state index in [1.165, 1.54) is 0 Å². The lowest BCUT2D eigenvalue weighted by atomic mass is 10.0. The van der Waals surface area contributed by atoms with Crippen molar-refractivity contribution in [1.82, 2.24) is 5.32 Å². The van der Waals surface area contributed by atoms with Gasteiger partial charge in [-0.3, -0.25) is 9.00 Å². The Balaban J connectivity index is 1.79. The second kappa shape index (κ2) is 7.05. The van der Waals surface area contributed by atoms with E-state index in [4.69, 9.17) is 4.84 Å². The zero-order valence-electron chi connectivity index (χ0n) is 13.2. The van der Waals surface area contributed by atoms with E-state index < -0.39 is 10.8 Å². The van der Waals surface area contributed by atoms with Crippen molar-refractivity contribution in [2.75, 3.05) is 12.3 Å². The van der Waals surface area contributed by atoms with Gasteiger partial charge in [0.25, 0.3) is 5.91 Å². The van der Waals surface area contributed by atoms with Gasteiger partial charge in [-0.15, -0.1) is 0 Å². The SMILES string of the molecule is CC(C)(C)[S@@](=O)CCNC(=O)C1=NO[C@H](c2ccccc2)C1. The molecule has 0 aromatic heterocycles. The zero-order chi connectivity index (χ0) is 16.2. The van der Waals surface area contributed by atoms with E-state index in [9.17, 15) is 9.00 Å². The average Bonchev–Trinajstić information content (AvgIpc) is 2.97. The number of benzene rings is 1. The number of hydrogen-bond acceptors (Lipinski definition) is 4. The lowest BCUT2D eigenvalue weighted by molar-refractivity contribution is -0.114. The number of carbonyl (C=O) groups excluding carboxylic acids is 1. The molecular formula is C16H22N2O3S. The van der Waals surface area contributed by atoms with Crippen molar-refractivity contribution in [1.29, 1.82) is 0 Å². The molecule has 1 aliphatic rings. The standard InChI is InChI=1S/C16H22N2O3S/c1-16(2,3)22(20)10-9-17-15(19)13-11-14(21-18-13)12-7-5-4-6-8-12/h4-8,14H,9-11H2,1-3H3,(H,17,19)/t14-,22-/m0/s1. The number of nitrogens with zero attached hydrogens (tertiary/aromatic N) is 1. The first kappa shape index (κ1) is 16.7. The van der Waals surface area contributed by atoms with Crippen molar-refractivity contribution < 1.29 is 13.8 Å². The lowest BCUT2D eigenvalue weighted by Crippen LogP contribution is -2.35. The Kier molecular flexibility index (Phi) is 5.34. The monoisotopic (exact) mass is 322 g/mol. The molecule has 5 nitrogen and oxygen atoms in total. The van der Waals surface area contributed by atoms with Crippen LogP contribution in [0.2, 0.25) is 0 Å². The summed E-state index contributed by atoms with van der Waals surface area (Å²) in [5.74, 6) is 0.190. The molecule has 1 heterocycles. The van der Waals surface area contributed by atoms with Crippen LogP contribution in [-0.2, 0) is 20.4 Å². The summed E-state index contributed by atoms with van der Waals surface area (Å²) in [7, 11) is -0.978. The quantitative estimate of drug-likeness (QED) is 0.903. The minimum Gasteiger partial charge on any atom is -0.387 e. The maximum Gasteiger partial charge on any atom is 0.269 e. The summed E-state index contributed by atoms with van der Waals surface area (Å²) < 4.78 is 11.6. The molecule has 1 aromatic carbocycles. The van der Waals surface area contributed by atoms with Gasteiger partial charge in [0.15, 0.2) is 6.10 Å². The highest BCUT2D eigenvalue weighted by Crippen LogP contribution is 2.26. The molecule has 6 heteroatoms. The molecule has 0 radical (unpaired) electrons. The molecule has 0 saturated heterocycles. The summed E-state index contributed by atoms with van der Waals surface area (Å²) in [4.78, 5) is 17.4. The fourth-order valence-electron chi connectivity index (χ4n) is 2.02. The largest absolute Gasteiger partial charge is 0.387 e. The Bertz CT molecular complexity index is 579. The molecule has 0 unspecified atom stereocenters. The van der Waals surface area contributed by atoms with Gasteiger partial charge in [0.1, 0.15) is 5.71 Å². The second-order valence-corrected chi connectivity index (χ2v) is 8.49. The molecule has 1 amide bonds. The average molecular weight is 322 g/mol. The number of amides is 1. The minimum absolute atomic E-state index is 0.203. The Morgan fingerprint density at radius 2 is 2.05 bits per heavy atom. The highest BCUT2D eigenvalue weighted by atomic mass is 32.2. The molecule has 0 aliphatic carbocycles. The molecule has 2 rings (SSSR count). The minimum atomic E-state index is -0.978. The van der Waals surface area contributed by atoms with Gasteiger partial charge in [-0.25, -0.2) is 0 Å². The number of hydrogen-bond donors (Lipinski definition) is 1. The van der Waals surface area contributed by atoms with Crippen molar-refractivity contribution in [2.45, 2.75) is 38.0 Å². The van der Waals surface area contributed by atoms with Crippen LogP contribution in [0.5, 0.6) is 0 Å². The third-order valence-corrected chi connectivity index (χ3v) is 5.30. The second-order valence-electron chi connectivity index (χ2n) is 6.16. The van der Waals surface area contributed by atoms with Crippen LogP contribution in [0.3, 0.4) is 0 Å². The van der Waals surface area contributed by atoms with Crippen LogP contribution in [0.25, 0.3) is 0 Å². The van der Waals surface area contributed by atoms with Gasteiger partial charge < -0.3 is 10.2 Å². The van der Waals surface area contributed by atoms with Crippen molar-refractivity contribution in [2.24, 2.45) is 5.16 Å². The molecule has 120 valence electrons. The Morgan fingerprint density at radius 3 is 2.68 bits per heavy atom. The summed E-state index contributed by atoms with van der Waals surface area (Å²) in [5, 5.41) is 6.63. The topological polar surface area (TPSA) is 67.8 Å². The van der Waals surface area contributed by atoms with Gasteiger partial charge in [-0.05, 0) is 26.3 Å². The number of oxime groups is 1. The van der Waals surface area contributed by atoms with Crippen LogP contribution in [0.15, 0.2) is 35.5 Å². The molecule has 1 aliphatic heterocycles. The van der Waals surface area contributed by atoms with Gasteiger partial charge in [-0.2, -0.15) is 0 Å². The van der Waals surface area contributed by atoms with E-state index >= 15 is 0 Å². The van der Waals surface area contributed by atoms with Gasteiger partial charge >= 0.3 is 0 Å². The van der Waals surface area contributed by atoms with E-state index in [0.717, 1.165) is 5.56 Å². The summed E-state index contributed by atoms with van der Waals surface area (Å²) in [5.41, 5.74) is 1.39. The predicted octanol–water partition coefficient (Wildman–Crippen LogP) is 2.17. The molecule has 1 aromatic rings. The van der Waals surface area contributed by atoms with Gasteiger partial charge in [0.05, 0.1) is 0 Å². The van der Waals surface area contributed by atoms with Gasteiger partial charge in [-0.1, -0.05) is 35.5 Å². The normalized spacial score (nSPS) is 19.2. The smallest absolute Gasteiger partial charge is 0.269 e. The van der Waals surface area contributed by atoms with E-state index in [1.807, 2.05) is 51.1 Å². The third kappa shape index (κ3) is 4.40. The van der Waals surface area contributed by atoms with Crippen LogP contribution in [-0.4, -0.2) is 32.9 Å². The van der Waals surface area contributed by atoms with Crippen LogP contribution < -0.4 is 5.32 Å². The van der Waals surface area contributed by atoms with Crippen molar-refractivity contribution in [3.8, 4) is 0 Å². The lowest BCUT2D eigenvalue weighted by Gasteiger charge is -2.17. The zero-order valence-corrected chi connectivity index (χ0v) is 14.0. The maximum absolute atomic E-state index is 12.0. The summed E-state index contributed by atoms with van der Waals surface area (Å²) >= 11 is 0. The predicted molar refractivity (Wildman–Crippen MR) is 88.1 cm³/mol. The van der Waals surface area contributed by atoms with E-state index in [0.29, 0.717) is 24.4 Å². The molecule has 0 spiro atoms. The molecule has 0 saturated carbocycles. The van der Waals surface area contributed by atoms with Crippen LogP contribution >= 0.6 is 0 Å². The van der Waals surface area contributed by atoms with Crippen molar-refractivity contribution >= 4 is 22.4 Å².